The minimum atomic E-state index is -0.282. The lowest BCUT2D eigenvalue weighted by atomic mass is 10.0. The van der Waals surface area contributed by atoms with Crippen molar-refractivity contribution < 1.29 is 4.39 Å². The number of halogens is 1. The van der Waals surface area contributed by atoms with Gasteiger partial charge in [-0.3, -0.25) is 0 Å². The van der Waals surface area contributed by atoms with Crippen LogP contribution in [-0.4, -0.2) is 26.1 Å². The number of pyridine rings is 1. The lowest BCUT2D eigenvalue weighted by Crippen LogP contribution is -2.06. The molecule has 28 heavy (non-hydrogen) atoms. The van der Waals surface area contributed by atoms with Crippen LogP contribution in [0.1, 0.15) is 19.8 Å². The van der Waals surface area contributed by atoms with Crippen LogP contribution < -0.4 is 5.32 Å². The summed E-state index contributed by atoms with van der Waals surface area (Å²) < 4.78 is 15.3. The maximum atomic E-state index is 13.5. The summed E-state index contributed by atoms with van der Waals surface area (Å²) in [6.45, 7) is 3.02. The zero-order valence-corrected chi connectivity index (χ0v) is 16.3. The van der Waals surface area contributed by atoms with E-state index in [0.717, 1.165) is 53.2 Å². The van der Waals surface area contributed by atoms with Gasteiger partial charge in [0, 0.05) is 18.3 Å². The number of nitrogens with zero attached hydrogens (tertiary/aromatic N) is 4. The molecule has 4 rings (SSSR count). The summed E-state index contributed by atoms with van der Waals surface area (Å²) in [7, 11) is 0. The van der Waals surface area contributed by atoms with Gasteiger partial charge in [0.05, 0.1) is 16.8 Å². The molecule has 0 unspecified atom stereocenters. The zero-order chi connectivity index (χ0) is 19.5. The van der Waals surface area contributed by atoms with Crippen LogP contribution in [0.2, 0.25) is 0 Å². The summed E-state index contributed by atoms with van der Waals surface area (Å²) in [6, 6.07) is 14.2. The van der Waals surface area contributed by atoms with Crippen LogP contribution in [0.4, 0.5) is 10.2 Å². The molecule has 0 aliphatic carbocycles. The quantitative estimate of drug-likeness (QED) is 0.272. The Labute approximate surface area is 168 Å². The lowest BCUT2D eigenvalue weighted by Gasteiger charge is -2.08. The Hall–Kier alpha value is -2.93. The van der Waals surface area contributed by atoms with E-state index in [2.05, 4.69) is 34.8 Å². The fourth-order valence-corrected chi connectivity index (χ4v) is 3.32. The van der Waals surface area contributed by atoms with E-state index in [0.29, 0.717) is 5.16 Å². The highest BCUT2D eigenvalue weighted by molar-refractivity contribution is 7.80. The maximum absolute atomic E-state index is 13.5. The standard InChI is InChI=1S/C21H20FN5S/c1-2-3-12-23-18-6-4-5-17-19(16-11-13-24-21(28)25-16)20(26-27(17)18)14-7-9-15(22)10-8-14/h4-11,13,23H,2-3,12H2,1H3,(H,24,25,28). The Kier molecular flexibility index (Phi) is 5.25. The Balaban J connectivity index is 1.94. The molecular weight excluding hydrogens is 373 g/mol. The van der Waals surface area contributed by atoms with E-state index in [1.165, 1.54) is 12.1 Å². The van der Waals surface area contributed by atoms with Gasteiger partial charge in [-0.25, -0.2) is 18.9 Å². The predicted molar refractivity (Wildman–Crippen MR) is 112 cm³/mol. The molecule has 0 aliphatic heterocycles. The SMILES string of the molecule is CCCCNc1cccc2c(-c3ccnc(S)n3)c(-c3ccc(F)cc3)nn12. The summed E-state index contributed by atoms with van der Waals surface area (Å²) in [5.41, 5.74) is 4.05. The highest BCUT2D eigenvalue weighted by atomic mass is 32.1. The molecule has 7 heteroatoms. The van der Waals surface area contributed by atoms with Crippen molar-refractivity contribution in [3.05, 3.63) is 60.5 Å². The smallest absolute Gasteiger partial charge is 0.184 e. The van der Waals surface area contributed by atoms with Crippen molar-refractivity contribution in [2.75, 3.05) is 11.9 Å². The molecule has 0 radical (unpaired) electrons. The maximum Gasteiger partial charge on any atom is 0.184 e. The number of hydrogen-bond acceptors (Lipinski definition) is 5. The molecule has 0 spiro atoms. The van der Waals surface area contributed by atoms with E-state index in [-0.39, 0.29) is 5.82 Å². The Bertz CT molecular complexity index is 1110. The number of aromatic nitrogens is 4. The van der Waals surface area contributed by atoms with Gasteiger partial charge in [-0.1, -0.05) is 19.4 Å². The highest BCUT2D eigenvalue weighted by Gasteiger charge is 2.19. The molecule has 0 amide bonds. The van der Waals surface area contributed by atoms with Crippen LogP contribution in [0.5, 0.6) is 0 Å². The third kappa shape index (κ3) is 3.57. The predicted octanol–water partition coefficient (Wildman–Crippen LogP) is 5.10. The van der Waals surface area contributed by atoms with Crippen LogP contribution >= 0.6 is 12.6 Å². The first-order valence-corrected chi connectivity index (χ1v) is 9.66. The molecule has 5 nitrogen and oxygen atoms in total. The lowest BCUT2D eigenvalue weighted by molar-refractivity contribution is 0.628. The van der Waals surface area contributed by atoms with Crippen LogP contribution in [0, 0.1) is 5.82 Å². The average Bonchev–Trinajstić information content (AvgIpc) is 3.09. The van der Waals surface area contributed by atoms with E-state index in [9.17, 15) is 4.39 Å². The fraction of sp³-hybridized carbons (Fsp3) is 0.190. The van der Waals surface area contributed by atoms with Crippen LogP contribution in [-0.2, 0) is 0 Å². The van der Waals surface area contributed by atoms with Gasteiger partial charge in [0.2, 0.25) is 0 Å². The van der Waals surface area contributed by atoms with Gasteiger partial charge in [-0.2, -0.15) is 5.10 Å². The van der Waals surface area contributed by atoms with E-state index in [1.807, 2.05) is 28.8 Å². The third-order valence-corrected chi connectivity index (χ3v) is 4.73. The largest absolute Gasteiger partial charge is 0.370 e. The van der Waals surface area contributed by atoms with Crippen LogP contribution in [0.25, 0.3) is 28.0 Å². The average molecular weight is 393 g/mol. The topological polar surface area (TPSA) is 55.1 Å². The third-order valence-electron chi connectivity index (χ3n) is 4.51. The van der Waals surface area contributed by atoms with E-state index in [4.69, 9.17) is 5.10 Å². The molecule has 0 atom stereocenters. The number of fused-ring (bicyclic) bond motifs is 1. The summed E-state index contributed by atoms with van der Waals surface area (Å²) in [5.74, 6) is 0.622. The van der Waals surface area contributed by atoms with Gasteiger partial charge >= 0.3 is 0 Å². The number of thiol groups is 1. The van der Waals surface area contributed by atoms with Crippen LogP contribution in [0.3, 0.4) is 0 Å². The molecule has 0 fully saturated rings. The molecule has 1 N–H and O–H groups in total. The number of rotatable bonds is 6. The van der Waals surface area contributed by atoms with E-state index < -0.39 is 0 Å². The minimum absolute atomic E-state index is 0.282. The van der Waals surface area contributed by atoms with E-state index >= 15 is 0 Å². The second-order valence-corrected chi connectivity index (χ2v) is 6.86. The number of nitrogens with one attached hydrogen (secondary N) is 1. The monoisotopic (exact) mass is 393 g/mol. The first kappa shape index (κ1) is 18.4. The summed E-state index contributed by atoms with van der Waals surface area (Å²) in [4.78, 5) is 8.56. The van der Waals surface area contributed by atoms with Crippen molar-refractivity contribution in [2.24, 2.45) is 0 Å². The van der Waals surface area contributed by atoms with Crippen molar-refractivity contribution in [3.63, 3.8) is 0 Å². The van der Waals surface area contributed by atoms with Gasteiger partial charge in [-0.05, 0) is 48.9 Å². The molecule has 0 saturated heterocycles. The number of anilines is 1. The van der Waals surface area contributed by atoms with Crippen molar-refractivity contribution in [2.45, 2.75) is 24.9 Å². The molecule has 0 saturated carbocycles. The zero-order valence-electron chi connectivity index (χ0n) is 15.4. The molecular formula is C21H20FN5S. The van der Waals surface area contributed by atoms with Gasteiger partial charge in [0.25, 0.3) is 0 Å². The molecule has 142 valence electrons. The summed E-state index contributed by atoms with van der Waals surface area (Å²) in [6.07, 6.45) is 3.86. The number of hydrogen-bond donors (Lipinski definition) is 2. The van der Waals surface area contributed by atoms with Crippen LogP contribution in [0.15, 0.2) is 59.9 Å². The first-order valence-electron chi connectivity index (χ1n) is 9.21. The van der Waals surface area contributed by atoms with Gasteiger partial charge in [0.1, 0.15) is 17.3 Å². The molecule has 1 aromatic carbocycles. The van der Waals surface area contributed by atoms with Crippen molar-refractivity contribution >= 4 is 24.0 Å². The molecule has 3 heterocycles. The highest BCUT2D eigenvalue weighted by Crippen LogP contribution is 2.35. The van der Waals surface area contributed by atoms with E-state index in [1.54, 1.807) is 18.3 Å². The normalized spacial score (nSPS) is 11.1. The number of benzene rings is 1. The minimum Gasteiger partial charge on any atom is -0.370 e. The summed E-state index contributed by atoms with van der Waals surface area (Å²) in [5, 5.41) is 8.68. The fourth-order valence-electron chi connectivity index (χ4n) is 3.15. The first-order chi connectivity index (χ1) is 13.7. The summed E-state index contributed by atoms with van der Waals surface area (Å²) >= 11 is 4.28. The Morgan fingerprint density at radius 2 is 1.93 bits per heavy atom. The van der Waals surface area contributed by atoms with Gasteiger partial charge in [-0.15, -0.1) is 12.6 Å². The Morgan fingerprint density at radius 3 is 2.68 bits per heavy atom. The number of unbranched alkanes of at least 4 members (excludes halogenated alkanes) is 1. The van der Waals surface area contributed by atoms with Crippen molar-refractivity contribution in [1.29, 1.82) is 0 Å². The van der Waals surface area contributed by atoms with Gasteiger partial charge < -0.3 is 5.32 Å². The molecule has 0 aliphatic rings. The second kappa shape index (κ2) is 7.98. The Morgan fingerprint density at radius 1 is 1.11 bits per heavy atom. The molecule has 0 bridgehead atoms. The van der Waals surface area contributed by atoms with Gasteiger partial charge in [0.15, 0.2) is 5.16 Å². The molecule has 4 aromatic rings. The molecule has 3 aromatic heterocycles. The van der Waals surface area contributed by atoms with Crippen molar-refractivity contribution in [1.82, 2.24) is 19.6 Å². The second-order valence-electron chi connectivity index (χ2n) is 6.46. The van der Waals surface area contributed by atoms with Crippen molar-refractivity contribution in [3.8, 4) is 22.5 Å².